The maximum Gasteiger partial charge on any atom is 0.407 e. The molecule has 0 saturated carbocycles. The topological polar surface area (TPSA) is 61.8 Å². The Morgan fingerprint density at radius 3 is 1.66 bits per heavy atom. The SMILES string of the molecule is COc1c(C(C)(C)C)cc(C=CC(=O)C(F)(F)P(=O)(OC)OC)cc1C(C)(C)C. The van der Waals surface area contributed by atoms with Crippen molar-refractivity contribution in [1.82, 2.24) is 0 Å². The standard InChI is InChI=1S/C21H31F2O5P/c1-19(2,3)15-12-14(13-16(18(15)26-7)20(4,5)6)10-11-17(24)21(22,23)29(25,27-8)28-9/h10-13H,1-9H3. The number of hydrogen-bond acceptors (Lipinski definition) is 5. The van der Waals surface area contributed by atoms with Gasteiger partial charge in [-0.25, -0.2) is 0 Å². The highest BCUT2D eigenvalue weighted by atomic mass is 31.2. The number of carbonyl (C=O) groups excluding carboxylic acids is 1. The maximum absolute atomic E-state index is 14.3. The van der Waals surface area contributed by atoms with E-state index in [1.54, 1.807) is 19.2 Å². The monoisotopic (exact) mass is 432 g/mol. The van der Waals surface area contributed by atoms with Crippen LogP contribution >= 0.6 is 7.60 Å². The van der Waals surface area contributed by atoms with Gasteiger partial charge in [-0.1, -0.05) is 47.6 Å². The molecule has 29 heavy (non-hydrogen) atoms. The molecule has 0 spiro atoms. The predicted molar refractivity (Wildman–Crippen MR) is 111 cm³/mol. The van der Waals surface area contributed by atoms with E-state index in [0.717, 1.165) is 31.1 Å². The molecule has 1 aromatic rings. The van der Waals surface area contributed by atoms with Crippen LogP contribution in [0.5, 0.6) is 5.75 Å². The molecule has 0 aliphatic rings. The molecule has 0 radical (unpaired) electrons. The van der Waals surface area contributed by atoms with E-state index in [0.29, 0.717) is 11.6 Å². The lowest BCUT2D eigenvalue weighted by Gasteiger charge is -2.29. The number of alkyl halides is 2. The molecule has 0 bridgehead atoms. The van der Waals surface area contributed by atoms with Crippen molar-refractivity contribution in [2.45, 2.75) is 58.0 Å². The zero-order valence-corrected chi connectivity index (χ0v) is 19.4. The molecule has 0 N–H and O–H groups in total. The van der Waals surface area contributed by atoms with Gasteiger partial charge in [0.15, 0.2) is 0 Å². The molecule has 1 rings (SSSR count). The predicted octanol–water partition coefficient (Wildman–Crippen LogP) is 5.95. The van der Waals surface area contributed by atoms with Crippen LogP contribution in [0, 0.1) is 0 Å². The van der Waals surface area contributed by atoms with Crippen LogP contribution in [0.25, 0.3) is 6.08 Å². The number of hydrogen-bond donors (Lipinski definition) is 0. The van der Waals surface area contributed by atoms with E-state index in [2.05, 4.69) is 9.05 Å². The van der Waals surface area contributed by atoms with Gasteiger partial charge in [0, 0.05) is 25.3 Å². The smallest absolute Gasteiger partial charge is 0.407 e. The van der Waals surface area contributed by atoms with Crippen LogP contribution < -0.4 is 4.74 Å². The van der Waals surface area contributed by atoms with Crippen LogP contribution in [-0.2, 0) is 29.2 Å². The highest BCUT2D eigenvalue weighted by molar-refractivity contribution is 7.56. The third-order valence-corrected chi connectivity index (χ3v) is 6.35. The summed E-state index contributed by atoms with van der Waals surface area (Å²) in [5.74, 6) is -0.933. The van der Waals surface area contributed by atoms with Crippen molar-refractivity contribution >= 4 is 19.5 Å². The lowest BCUT2D eigenvalue weighted by atomic mass is 9.78. The molecule has 0 heterocycles. The molecule has 0 aliphatic carbocycles. The van der Waals surface area contributed by atoms with Gasteiger partial charge in [0.1, 0.15) is 5.75 Å². The Morgan fingerprint density at radius 2 is 1.34 bits per heavy atom. The molecule has 1 aromatic carbocycles. The third-order valence-electron chi connectivity index (χ3n) is 4.48. The van der Waals surface area contributed by atoms with E-state index >= 15 is 0 Å². The summed E-state index contributed by atoms with van der Waals surface area (Å²) in [6.07, 6.45) is 1.97. The van der Waals surface area contributed by atoms with Crippen LogP contribution in [0.3, 0.4) is 0 Å². The van der Waals surface area contributed by atoms with E-state index in [1.165, 1.54) is 6.08 Å². The molecule has 5 nitrogen and oxygen atoms in total. The minimum absolute atomic E-state index is 0.287. The molecular formula is C21H31F2O5P. The van der Waals surface area contributed by atoms with E-state index < -0.39 is 19.0 Å². The van der Waals surface area contributed by atoms with Crippen LogP contribution in [0.1, 0.15) is 58.2 Å². The first kappa shape index (κ1) is 25.5. The van der Waals surface area contributed by atoms with Gasteiger partial charge in [-0.3, -0.25) is 9.36 Å². The van der Waals surface area contributed by atoms with Crippen molar-refractivity contribution in [3.8, 4) is 5.75 Å². The molecule has 0 aromatic heterocycles. The number of ketones is 1. The molecule has 164 valence electrons. The lowest BCUT2D eigenvalue weighted by Crippen LogP contribution is -2.28. The van der Waals surface area contributed by atoms with Crippen LogP contribution in [0.4, 0.5) is 8.78 Å². The first-order valence-corrected chi connectivity index (χ1v) is 10.6. The Kier molecular flexibility index (Phi) is 7.61. The number of rotatable bonds is 7. The third kappa shape index (κ3) is 5.33. The van der Waals surface area contributed by atoms with Gasteiger partial charge in [0.2, 0.25) is 5.78 Å². The van der Waals surface area contributed by atoms with E-state index in [1.807, 2.05) is 41.5 Å². The number of ether oxygens (including phenoxy) is 1. The zero-order chi connectivity index (χ0) is 22.8. The van der Waals surface area contributed by atoms with Gasteiger partial charge in [0.05, 0.1) is 7.11 Å². The molecule has 0 unspecified atom stereocenters. The molecule has 0 amide bonds. The van der Waals surface area contributed by atoms with Crippen molar-refractivity contribution in [3.63, 3.8) is 0 Å². The molecule has 0 fully saturated rings. The average molecular weight is 432 g/mol. The number of methoxy groups -OCH3 is 1. The summed E-state index contributed by atoms with van der Waals surface area (Å²) in [5.41, 5.74) is -2.55. The number of allylic oxidation sites excluding steroid dienone is 1. The fraction of sp³-hybridized carbons (Fsp3) is 0.571. The zero-order valence-electron chi connectivity index (χ0n) is 18.6. The summed E-state index contributed by atoms with van der Waals surface area (Å²) in [5, 5.41) is 0. The van der Waals surface area contributed by atoms with Crippen molar-refractivity contribution < 1.29 is 31.9 Å². The quantitative estimate of drug-likeness (QED) is 0.394. The summed E-state index contributed by atoms with van der Waals surface area (Å²) in [6.45, 7) is 12.1. The summed E-state index contributed by atoms with van der Waals surface area (Å²) in [4.78, 5) is 12.1. The number of carbonyl (C=O) groups is 1. The maximum atomic E-state index is 14.3. The first-order valence-electron chi connectivity index (χ1n) is 9.10. The minimum atomic E-state index is -4.90. The van der Waals surface area contributed by atoms with Gasteiger partial charge in [-0.15, -0.1) is 0 Å². The van der Waals surface area contributed by atoms with E-state index in [-0.39, 0.29) is 10.8 Å². The second kappa shape index (κ2) is 8.66. The largest absolute Gasteiger partial charge is 0.496 e. The molecule has 0 atom stereocenters. The average Bonchev–Trinajstić information content (AvgIpc) is 2.62. The minimum Gasteiger partial charge on any atom is -0.496 e. The summed E-state index contributed by atoms with van der Waals surface area (Å²) in [7, 11) is -1.69. The highest BCUT2D eigenvalue weighted by Gasteiger charge is 2.57. The summed E-state index contributed by atoms with van der Waals surface area (Å²) >= 11 is 0. The number of halogens is 2. The second-order valence-corrected chi connectivity index (χ2v) is 11.0. The van der Waals surface area contributed by atoms with Gasteiger partial charge in [-0.2, -0.15) is 8.78 Å². The Hall–Kier alpha value is -1.56. The van der Waals surface area contributed by atoms with Crippen LogP contribution in [0.15, 0.2) is 18.2 Å². The summed E-state index contributed by atoms with van der Waals surface area (Å²) in [6, 6.07) is 3.59. The molecule has 0 aliphatic heterocycles. The lowest BCUT2D eigenvalue weighted by molar-refractivity contribution is -0.130. The molecule has 0 saturated heterocycles. The van der Waals surface area contributed by atoms with E-state index in [9.17, 15) is 18.1 Å². The van der Waals surface area contributed by atoms with Gasteiger partial charge >= 0.3 is 13.3 Å². The second-order valence-electron chi connectivity index (χ2n) is 8.75. The Bertz CT molecular complexity index is 789. The van der Waals surface area contributed by atoms with Crippen molar-refractivity contribution in [1.29, 1.82) is 0 Å². The Balaban J connectivity index is 3.53. The molecule has 8 heteroatoms. The van der Waals surface area contributed by atoms with Crippen molar-refractivity contribution in [2.24, 2.45) is 0 Å². The van der Waals surface area contributed by atoms with Gasteiger partial charge in [0.25, 0.3) is 0 Å². The fourth-order valence-electron chi connectivity index (χ4n) is 2.79. The Labute approximate surface area is 172 Å². The van der Waals surface area contributed by atoms with Crippen LogP contribution in [-0.4, -0.2) is 32.8 Å². The van der Waals surface area contributed by atoms with Gasteiger partial charge in [-0.05, 0) is 34.6 Å². The Morgan fingerprint density at radius 1 is 0.931 bits per heavy atom. The van der Waals surface area contributed by atoms with Gasteiger partial charge < -0.3 is 13.8 Å². The summed E-state index contributed by atoms with van der Waals surface area (Å²) < 4.78 is 54.8. The fourth-order valence-corrected chi connectivity index (χ4v) is 3.74. The first-order chi connectivity index (χ1) is 13.0. The van der Waals surface area contributed by atoms with Crippen LogP contribution in [0.2, 0.25) is 0 Å². The van der Waals surface area contributed by atoms with Crippen molar-refractivity contribution in [3.05, 3.63) is 34.9 Å². The van der Waals surface area contributed by atoms with E-state index in [4.69, 9.17) is 4.74 Å². The number of benzene rings is 1. The van der Waals surface area contributed by atoms with Crippen molar-refractivity contribution in [2.75, 3.05) is 21.3 Å². The molecular weight excluding hydrogens is 401 g/mol. The normalized spacial score (nSPS) is 13.8. The highest BCUT2D eigenvalue weighted by Crippen LogP contribution is 2.61.